The van der Waals surface area contributed by atoms with E-state index in [0.29, 0.717) is 0 Å². The molecule has 1 aromatic carbocycles. The first kappa shape index (κ1) is 14.9. The van der Waals surface area contributed by atoms with E-state index < -0.39 is 0 Å². The molecule has 0 amide bonds. The van der Waals surface area contributed by atoms with Gasteiger partial charge in [-0.05, 0) is 55.0 Å². The fraction of sp³-hybridized carbons (Fsp3) is 0.200. The van der Waals surface area contributed by atoms with Crippen molar-refractivity contribution in [2.45, 2.75) is 13.5 Å². The summed E-state index contributed by atoms with van der Waals surface area (Å²) in [5.41, 5.74) is 2.18. The largest absolute Gasteiger partial charge is 0.345 e. The van der Waals surface area contributed by atoms with Crippen molar-refractivity contribution in [1.29, 1.82) is 0 Å². The third-order valence-corrected chi connectivity index (χ3v) is 3.72. The number of rotatable bonds is 4. The second-order valence-corrected chi connectivity index (χ2v) is 5.61. The van der Waals surface area contributed by atoms with Gasteiger partial charge < -0.3 is 10.2 Å². The Kier molecular flexibility index (Phi) is 5.49. The quantitative estimate of drug-likeness (QED) is 0.842. The van der Waals surface area contributed by atoms with Crippen molar-refractivity contribution < 1.29 is 0 Å². The molecule has 0 saturated carbocycles. The lowest BCUT2D eigenvalue weighted by atomic mass is 10.2. The summed E-state index contributed by atoms with van der Waals surface area (Å²) in [6.07, 6.45) is 3.60. The van der Waals surface area contributed by atoms with Crippen LogP contribution in [0.15, 0.2) is 53.3 Å². The highest BCUT2D eigenvalue weighted by molar-refractivity contribution is 9.10. The number of nitrogens with one attached hydrogen (secondary N) is 1. The predicted molar refractivity (Wildman–Crippen MR) is 90.7 cm³/mol. The lowest BCUT2D eigenvalue weighted by molar-refractivity contribution is 0.442. The monoisotopic (exact) mass is 349 g/mol. The van der Waals surface area contributed by atoms with E-state index in [-0.39, 0.29) is 0 Å². The highest BCUT2D eigenvalue weighted by atomic mass is 79.9. The second-order valence-electron chi connectivity index (χ2n) is 4.31. The molecular weight excluding hydrogens is 334 g/mol. The zero-order valence-corrected chi connectivity index (χ0v) is 13.6. The number of pyridine rings is 1. The van der Waals surface area contributed by atoms with E-state index in [9.17, 15) is 0 Å². The minimum Gasteiger partial charge on any atom is -0.345 e. The van der Waals surface area contributed by atoms with E-state index in [4.69, 9.17) is 12.2 Å². The Morgan fingerprint density at radius 3 is 2.70 bits per heavy atom. The molecule has 0 atom stereocenters. The van der Waals surface area contributed by atoms with Crippen molar-refractivity contribution in [1.82, 2.24) is 9.88 Å². The second kappa shape index (κ2) is 7.36. The van der Waals surface area contributed by atoms with E-state index in [1.165, 1.54) is 5.56 Å². The molecule has 0 aliphatic carbocycles. The van der Waals surface area contributed by atoms with Crippen LogP contribution >= 0.6 is 28.1 Å². The third-order valence-electron chi connectivity index (χ3n) is 2.87. The average molecular weight is 350 g/mol. The van der Waals surface area contributed by atoms with Crippen LogP contribution in [0.2, 0.25) is 0 Å². The summed E-state index contributed by atoms with van der Waals surface area (Å²) >= 11 is 8.94. The summed E-state index contributed by atoms with van der Waals surface area (Å²) in [6, 6.07) is 12.0. The van der Waals surface area contributed by atoms with Gasteiger partial charge in [-0.3, -0.25) is 4.98 Å². The molecule has 20 heavy (non-hydrogen) atoms. The highest BCUT2D eigenvalue weighted by Gasteiger charge is 2.08. The molecule has 5 heteroatoms. The maximum absolute atomic E-state index is 5.48. The van der Waals surface area contributed by atoms with Gasteiger partial charge in [0.25, 0.3) is 0 Å². The number of halogens is 1. The first-order valence-corrected chi connectivity index (χ1v) is 7.59. The van der Waals surface area contributed by atoms with Crippen molar-refractivity contribution in [3.8, 4) is 0 Å². The molecule has 0 aliphatic rings. The molecule has 2 aromatic rings. The van der Waals surface area contributed by atoms with E-state index in [0.717, 1.165) is 28.4 Å². The SMILES string of the molecule is CCN(Cc1ccncc1)C(=S)Nc1cccc(Br)c1. The summed E-state index contributed by atoms with van der Waals surface area (Å²) in [5.74, 6) is 0. The molecule has 0 fully saturated rings. The van der Waals surface area contributed by atoms with Crippen LogP contribution < -0.4 is 5.32 Å². The van der Waals surface area contributed by atoms with Crippen molar-refractivity contribution in [2.75, 3.05) is 11.9 Å². The van der Waals surface area contributed by atoms with Gasteiger partial charge in [-0.25, -0.2) is 0 Å². The zero-order chi connectivity index (χ0) is 14.4. The van der Waals surface area contributed by atoms with Crippen LogP contribution in [0.4, 0.5) is 5.69 Å². The van der Waals surface area contributed by atoms with Crippen LogP contribution in [0.3, 0.4) is 0 Å². The van der Waals surface area contributed by atoms with E-state index in [1.54, 1.807) is 12.4 Å². The minimum absolute atomic E-state index is 0.724. The molecule has 1 N–H and O–H groups in total. The Balaban J connectivity index is 2.02. The summed E-state index contributed by atoms with van der Waals surface area (Å²) in [4.78, 5) is 6.15. The molecule has 0 aliphatic heterocycles. The van der Waals surface area contributed by atoms with Crippen LogP contribution in [0.5, 0.6) is 0 Å². The first-order valence-electron chi connectivity index (χ1n) is 6.39. The highest BCUT2D eigenvalue weighted by Crippen LogP contribution is 2.16. The molecule has 104 valence electrons. The van der Waals surface area contributed by atoms with E-state index >= 15 is 0 Å². The van der Waals surface area contributed by atoms with Gasteiger partial charge in [0.2, 0.25) is 0 Å². The maximum atomic E-state index is 5.48. The molecular formula is C15H16BrN3S. The zero-order valence-electron chi connectivity index (χ0n) is 11.2. The molecule has 1 heterocycles. The van der Waals surface area contributed by atoms with E-state index in [1.807, 2.05) is 36.4 Å². The number of anilines is 1. The van der Waals surface area contributed by atoms with Crippen LogP contribution in [-0.4, -0.2) is 21.5 Å². The topological polar surface area (TPSA) is 28.2 Å². The average Bonchev–Trinajstić information content (AvgIpc) is 2.45. The number of hydrogen-bond acceptors (Lipinski definition) is 2. The maximum Gasteiger partial charge on any atom is 0.173 e. The van der Waals surface area contributed by atoms with Gasteiger partial charge in [0.1, 0.15) is 0 Å². The molecule has 0 saturated heterocycles. The number of aromatic nitrogens is 1. The Morgan fingerprint density at radius 2 is 2.05 bits per heavy atom. The summed E-state index contributed by atoms with van der Waals surface area (Å²) < 4.78 is 1.03. The van der Waals surface area contributed by atoms with Gasteiger partial charge in [-0.1, -0.05) is 22.0 Å². The number of hydrogen-bond donors (Lipinski definition) is 1. The van der Waals surface area contributed by atoms with E-state index in [2.05, 4.69) is 38.1 Å². The lowest BCUT2D eigenvalue weighted by Gasteiger charge is -2.24. The summed E-state index contributed by atoms with van der Waals surface area (Å²) in [7, 11) is 0. The lowest BCUT2D eigenvalue weighted by Crippen LogP contribution is -2.34. The van der Waals surface area contributed by atoms with Crippen LogP contribution in [0.1, 0.15) is 12.5 Å². The number of benzene rings is 1. The molecule has 0 radical (unpaired) electrons. The Labute approximate surface area is 133 Å². The van der Waals surface area contributed by atoms with Gasteiger partial charge in [0, 0.05) is 35.6 Å². The standard InChI is InChI=1S/C15H16BrN3S/c1-2-19(11-12-6-8-17-9-7-12)15(20)18-14-5-3-4-13(16)10-14/h3-10H,2,11H2,1H3,(H,18,20). The fourth-order valence-corrected chi connectivity index (χ4v) is 2.52. The van der Waals surface area contributed by atoms with Gasteiger partial charge in [0.05, 0.1) is 0 Å². The predicted octanol–water partition coefficient (Wildman–Crippen LogP) is 4.06. The van der Waals surface area contributed by atoms with Crippen LogP contribution in [0.25, 0.3) is 0 Å². The van der Waals surface area contributed by atoms with Gasteiger partial charge in [0.15, 0.2) is 5.11 Å². The molecule has 0 unspecified atom stereocenters. The van der Waals surface area contributed by atoms with Crippen molar-refractivity contribution in [2.24, 2.45) is 0 Å². The summed E-state index contributed by atoms with van der Waals surface area (Å²) in [6.45, 7) is 3.72. The van der Waals surface area contributed by atoms with Gasteiger partial charge in [-0.15, -0.1) is 0 Å². The van der Waals surface area contributed by atoms with Gasteiger partial charge in [-0.2, -0.15) is 0 Å². The molecule has 0 bridgehead atoms. The first-order chi connectivity index (χ1) is 9.69. The molecule has 3 nitrogen and oxygen atoms in total. The molecule has 1 aromatic heterocycles. The minimum atomic E-state index is 0.724. The summed E-state index contributed by atoms with van der Waals surface area (Å²) in [5, 5.41) is 3.99. The normalized spacial score (nSPS) is 10.1. The number of nitrogens with zero attached hydrogens (tertiary/aromatic N) is 2. The Morgan fingerprint density at radius 1 is 1.30 bits per heavy atom. The van der Waals surface area contributed by atoms with Crippen LogP contribution in [-0.2, 0) is 6.54 Å². The fourth-order valence-electron chi connectivity index (χ4n) is 1.80. The third kappa shape index (κ3) is 4.28. The van der Waals surface area contributed by atoms with Crippen molar-refractivity contribution in [3.63, 3.8) is 0 Å². The smallest absolute Gasteiger partial charge is 0.173 e. The molecule has 2 rings (SSSR count). The van der Waals surface area contributed by atoms with Crippen LogP contribution in [0, 0.1) is 0 Å². The number of thiocarbonyl (C=S) groups is 1. The van der Waals surface area contributed by atoms with Crippen molar-refractivity contribution in [3.05, 3.63) is 58.8 Å². The van der Waals surface area contributed by atoms with Gasteiger partial charge >= 0.3 is 0 Å². The Bertz CT molecular complexity index is 574. The Hall–Kier alpha value is -1.46. The molecule has 0 spiro atoms. The van der Waals surface area contributed by atoms with Crippen molar-refractivity contribution >= 4 is 38.9 Å².